The lowest BCUT2D eigenvalue weighted by Crippen LogP contribution is -2.06. The molecule has 0 aliphatic rings. The SMILES string of the molecule is O=C(OCc1ccc(F)cc1)c1ccc(Cl)c([N+](=O)[O-])c1. The Kier molecular flexibility index (Phi) is 4.49. The average molecular weight is 310 g/mol. The van der Waals surface area contributed by atoms with Crippen LogP contribution in [0.4, 0.5) is 10.1 Å². The monoisotopic (exact) mass is 309 g/mol. The van der Waals surface area contributed by atoms with Gasteiger partial charge in [0.2, 0.25) is 0 Å². The highest BCUT2D eigenvalue weighted by atomic mass is 35.5. The molecule has 0 aromatic heterocycles. The number of rotatable bonds is 4. The Hall–Kier alpha value is -2.47. The summed E-state index contributed by atoms with van der Waals surface area (Å²) in [6.45, 7) is -0.0600. The molecule has 21 heavy (non-hydrogen) atoms. The minimum Gasteiger partial charge on any atom is -0.457 e. The first-order valence-corrected chi connectivity index (χ1v) is 6.20. The number of halogens is 2. The summed E-state index contributed by atoms with van der Waals surface area (Å²) in [6, 6.07) is 9.10. The number of hydrogen-bond donors (Lipinski definition) is 0. The Balaban J connectivity index is 2.08. The van der Waals surface area contributed by atoms with Gasteiger partial charge in [0.05, 0.1) is 10.5 Å². The van der Waals surface area contributed by atoms with Gasteiger partial charge in [-0.25, -0.2) is 9.18 Å². The molecule has 0 unspecified atom stereocenters. The first-order chi connectivity index (χ1) is 9.97. The van der Waals surface area contributed by atoms with Crippen LogP contribution in [-0.2, 0) is 11.3 Å². The van der Waals surface area contributed by atoms with Gasteiger partial charge in [0.1, 0.15) is 17.4 Å². The molecule has 0 fully saturated rings. The molecule has 2 aromatic rings. The lowest BCUT2D eigenvalue weighted by Gasteiger charge is -2.05. The minimum absolute atomic E-state index is 0.0215. The van der Waals surface area contributed by atoms with E-state index in [9.17, 15) is 19.3 Å². The summed E-state index contributed by atoms with van der Waals surface area (Å²) in [5.41, 5.74) is 0.259. The van der Waals surface area contributed by atoms with E-state index in [2.05, 4.69) is 0 Å². The molecule has 0 aliphatic carbocycles. The Morgan fingerprint density at radius 1 is 1.24 bits per heavy atom. The maximum absolute atomic E-state index is 12.7. The number of carbonyl (C=O) groups is 1. The highest BCUT2D eigenvalue weighted by Crippen LogP contribution is 2.25. The Morgan fingerprint density at radius 2 is 1.90 bits per heavy atom. The first-order valence-electron chi connectivity index (χ1n) is 5.83. The summed E-state index contributed by atoms with van der Waals surface area (Å²) in [6.07, 6.45) is 0. The predicted molar refractivity (Wildman–Crippen MR) is 73.6 cm³/mol. The van der Waals surface area contributed by atoms with E-state index in [1.54, 1.807) is 0 Å². The van der Waals surface area contributed by atoms with E-state index in [0.29, 0.717) is 5.56 Å². The van der Waals surface area contributed by atoms with Crippen molar-refractivity contribution in [3.63, 3.8) is 0 Å². The third kappa shape index (κ3) is 3.76. The number of carbonyl (C=O) groups excluding carboxylic acids is 1. The quantitative estimate of drug-likeness (QED) is 0.490. The van der Waals surface area contributed by atoms with Crippen LogP contribution in [0.2, 0.25) is 5.02 Å². The van der Waals surface area contributed by atoms with Crippen LogP contribution >= 0.6 is 11.6 Å². The molecule has 0 spiro atoms. The van der Waals surface area contributed by atoms with Gasteiger partial charge in [0.15, 0.2) is 0 Å². The molecule has 0 radical (unpaired) electrons. The van der Waals surface area contributed by atoms with Crippen LogP contribution in [0.3, 0.4) is 0 Å². The molecule has 2 rings (SSSR count). The van der Waals surface area contributed by atoms with Crippen LogP contribution in [0.25, 0.3) is 0 Å². The zero-order valence-corrected chi connectivity index (χ0v) is 11.3. The van der Waals surface area contributed by atoms with Gasteiger partial charge in [-0.05, 0) is 29.8 Å². The molecule has 0 saturated heterocycles. The fourth-order valence-electron chi connectivity index (χ4n) is 1.59. The number of benzene rings is 2. The third-order valence-electron chi connectivity index (χ3n) is 2.66. The second-order valence-corrected chi connectivity index (χ2v) is 4.53. The van der Waals surface area contributed by atoms with Gasteiger partial charge < -0.3 is 4.74 Å². The number of hydrogen-bond acceptors (Lipinski definition) is 4. The lowest BCUT2D eigenvalue weighted by atomic mass is 10.2. The molecule has 2 aromatic carbocycles. The largest absolute Gasteiger partial charge is 0.457 e. The fraction of sp³-hybridized carbons (Fsp3) is 0.0714. The highest BCUT2D eigenvalue weighted by Gasteiger charge is 2.17. The van der Waals surface area contributed by atoms with Crippen molar-refractivity contribution < 1.29 is 18.8 Å². The van der Waals surface area contributed by atoms with Gasteiger partial charge in [-0.3, -0.25) is 10.1 Å². The van der Waals surface area contributed by atoms with E-state index in [1.807, 2.05) is 0 Å². The first kappa shape index (κ1) is 14.9. The molecule has 5 nitrogen and oxygen atoms in total. The lowest BCUT2D eigenvalue weighted by molar-refractivity contribution is -0.384. The summed E-state index contributed by atoms with van der Waals surface area (Å²) < 4.78 is 17.7. The van der Waals surface area contributed by atoms with E-state index in [1.165, 1.54) is 36.4 Å². The van der Waals surface area contributed by atoms with Gasteiger partial charge >= 0.3 is 5.97 Å². The standard InChI is InChI=1S/C14H9ClFNO4/c15-12-6-3-10(7-13(12)17(19)20)14(18)21-8-9-1-4-11(16)5-2-9/h1-7H,8H2. The van der Waals surface area contributed by atoms with Crippen molar-refractivity contribution in [2.24, 2.45) is 0 Å². The topological polar surface area (TPSA) is 69.4 Å². The van der Waals surface area contributed by atoms with Crippen molar-refractivity contribution in [1.29, 1.82) is 0 Å². The van der Waals surface area contributed by atoms with Crippen molar-refractivity contribution in [1.82, 2.24) is 0 Å². The van der Waals surface area contributed by atoms with Gasteiger partial charge in [-0.1, -0.05) is 23.7 Å². The number of nitrogens with zero attached hydrogens (tertiary/aromatic N) is 1. The van der Waals surface area contributed by atoms with Crippen LogP contribution in [0, 0.1) is 15.9 Å². The molecule has 0 atom stereocenters. The smallest absolute Gasteiger partial charge is 0.338 e. The zero-order chi connectivity index (χ0) is 15.4. The second kappa shape index (κ2) is 6.32. The molecular formula is C14H9ClFNO4. The third-order valence-corrected chi connectivity index (χ3v) is 2.98. The van der Waals surface area contributed by atoms with Gasteiger partial charge in [0, 0.05) is 6.07 Å². The zero-order valence-electron chi connectivity index (χ0n) is 10.6. The minimum atomic E-state index is -0.723. The molecular weight excluding hydrogens is 301 g/mol. The van der Waals surface area contributed by atoms with E-state index >= 15 is 0 Å². The summed E-state index contributed by atoms with van der Waals surface area (Å²) in [5, 5.41) is 10.7. The van der Waals surface area contributed by atoms with Crippen LogP contribution < -0.4 is 0 Å². The van der Waals surface area contributed by atoms with E-state index < -0.39 is 16.7 Å². The maximum Gasteiger partial charge on any atom is 0.338 e. The predicted octanol–water partition coefficient (Wildman–Crippen LogP) is 3.74. The fourth-order valence-corrected chi connectivity index (χ4v) is 1.78. The molecule has 108 valence electrons. The molecule has 7 heteroatoms. The van der Waals surface area contributed by atoms with Crippen LogP contribution in [0.5, 0.6) is 0 Å². The Morgan fingerprint density at radius 3 is 2.52 bits per heavy atom. The summed E-state index contributed by atoms with van der Waals surface area (Å²) in [7, 11) is 0. The number of nitro groups is 1. The molecule has 0 saturated carbocycles. The molecule has 0 bridgehead atoms. The van der Waals surface area contributed by atoms with Crippen LogP contribution in [0.1, 0.15) is 15.9 Å². The van der Waals surface area contributed by atoms with Gasteiger partial charge in [0.25, 0.3) is 5.69 Å². The van der Waals surface area contributed by atoms with Crippen LogP contribution in [0.15, 0.2) is 42.5 Å². The Labute approximate surface area is 124 Å². The maximum atomic E-state index is 12.7. The van der Waals surface area contributed by atoms with Crippen molar-refractivity contribution in [2.75, 3.05) is 0 Å². The molecule has 0 heterocycles. The van der Waals surface area contributed by atoms with Crippen molar-refractivity contribution in [3.05, 3.63) is 74.5 Å². The van der Waals surface area contributed by atoms with Crippen molar-refractivity contribution in [2.45, 2.75) is 6.61 Å². The van der Waals surface area contributed by atoms with Crippen molar-refractivity contribution >= 4 is 23.3 Å². The molecule has 0 amide bonds. The number of esters is 1. The number of nitro benzene ring substituents is 1. The summed E-state index contributed by atoms with van der Waals surface area (Å²) in [4.78, 5) is 21.9. The van der Waals surface area contributed by atoms with Gasteiger partial charge in [-0.15, -0.1) is 0 Å². The van der Waals surface area contributed by atoms with E-state index in [0.717, 1.165) is 6.07 Å². The number of ether oxygens (including phenoxy) is 1. The summed E-state index contributed by atoms with van der Waals surface area (Å²) in [5.74, 6) is -1.11. The van der Waals surface area contributed by atoms with Crippen LogP contribution in [-0.4, -0.2) is 10.9 Å². The van der Waals surface area contributed by atoms with Gasteiger partial charge in [-0.2, -0.15) is 0 Å². The normalized spacial score (nSPS) is 10.2. The second-order valence-electron chi connectivity index (χ2n) is 4.13. The average Bonchev–Trinajstić information content (AvgIpc) is 2.46. The summed E-state index contributed by atoms with van der Waals surface area (Å²) >= 11 is 5.65. The molecule has 0 N–H and O–H groups in total. The van der Waals surface area contributed by atoms with Crippen molar-refractivity contribution in [3.8, 4) is 0 Å². The Bertz CT molecular complexity index is 688. The molecule has 0 aliphatic heterocycles. The highest BCUT2D eigenvalue weighted by molar-refractivity contribution is 6.32. The van der Waals surface area contributed by atoms with E-state index in [-0.39, 0.29) is 22.9 Å². The van der Waals surface area contributed by atoms with E-state index in [4.69, 9.17) is 16.3 Å².